The van der Waals surface area contributed by atoms with Gasteiger partial charge in [0.25, 0.3) is 0 Å². The SMILES string of the molecule is COC(=O)/C=C/C1=CO[C@H](CO)[C@@H](O)[C@@H]1O. The van der Waals surface area contributed by atoms with E-state index in [1.54, 1.807) is 0 Å². The number of carbonyl (C=O) groups is 1. The molecule has 1 aliphatic heterocycles. The number of aliphatic hydroxyl groups is 3. The van der Waals surface area contributed by atoms with Gasteiger partial charge >= 0.3 is 5.97 Å². The number of ether oxygens (including phenoxy) is 2. The van der Waals surface area contributed by atoms with E-state index in [9.17, 15) is 15.0 Å². The predicted octanol–water partition coefficient (Wildman–Crippen LogP) is -1.29. The van der Waals surface area contributed by atoms with Gasteiger partial charge in [0, 0.05) is 11.6 Å². The maximum Gasteiger partial charge on any atom is 0.330 e. The van der Waals surface area contributed by atoms with Gasteiger partial charge in [-0.05, 0) is 6.08 Å². The second kappa shape index (κ2) is 5.64. The first kappa shape index (κ1) is 12.7. The highest BCUT2D eigenvalue weighted by Gasteiger charge is 2.32. The Morgan fingerprint density at radius 2 is 2.31 bits per heavy atom. The molecular weight excluding hydrogens is 216 g/mol. The molecule has 16 heavy (non-hydrogen) atoms. The van der Waals surface area contributed by atoms with Crippen LogP contribution in [-0.2, 0) is 14.3 Å². The number of carbonyl (C=O) groups excluding carboxylic acids is 1. The van der Waals surface area contributed by atoms with Crippen LogP contribution in [0.5, 0.6) is 0 Å². The van der Waals surface area contributed by atoms with Crippen molar-refractivity contribution in [2.24, 2.45) is 0 Å². The van der Waals surface area contributed by atoms with Gasteiger partial charge in [-0.2, -0.15) is 0 Å². The van der Waals surface area contributed by atoms with E-state index in [0.717, 1.165) is 6.08 Å². The lowest BCUT2D eigenvalue weighted by Gasteiger charge is -2.30. The van der Waals surface area contributed by atoms with Crippen molar-refractivity contribution in [3.63, 3.8) is 0 Å². The van der Waals surface area contributed by atoms with Crippen LogP contribution in [0.4, 0.5) is 0 Å². The number of hydrogen-bond acceptors (Lipinski definition) is 6. The van der Waals surface area contributed by atoms with E-state index in [2.05, 4.69) is 4.74 Å². The van der Waals surface area contributed by atoms with Gasteiger partial charge in [-0.3, -0.25) is 0 Å². The van der Waals surface area contributed by atoms with Crippen LogP contribution in [0.25, 0.3) is 0 Å². The van der Waals surface area contributed by atoms with Crippen LogP contribution in [0.2, 0.25) is 0 Å². The smallest absolute Gasteiger partial charge is 0.330 e. The first-order valence-corrected chi connectivity index (χ1v) is 4.68. The maximum atomic E-state index is 10.8. The van der Waals surface area contributed by atoms with Gasteiger partial charge in [-0.1, -0.05) is 0 Å². The second-order valence-electron chi connectivity index (χ2n) is 3.27. The molecule has 6 nitrogen and oxygen atoms in total. The average molecular weight is 230 g/mol. The Hall–Kier alpha value is -1.37. The number of rotatable bonds is 3. The largest absolute Gasteiger partial charge is 0.492 e. The van der Waals surface area contributed by atoms with Crippen LogP contribution in [0.3, 0.4) is 0 Å². The van der Waals surface area contributed by atoms with E-state index in [1.165, 1.54) is 19.4 Å². The Balaban J connectivity index is 2.72. The van der Waals surface area contributed by atoms with Crippen molar-refractivity contribution in [1.82, 2.24) is 0 Å². The minimum Gasteiger partial charge on any atom is -0.492 e. The van der Waals surface area contributed by atoms with Gasteiger partial charge in [0.15, 0.2) is 0 Å². The maximum absolute atomic E-state index is 10.8. The van der Waals surface area contributed by atoms with Crippen molar-refractivity contribution in [1.29, 1.82) is 0 Å². The molecule has 0 bridgehead atoms. The molecule has 0 saturated heterocycles. The molecule has 0 aromatic rings. The molecule has 1 aliphatic rings. The molecule has 0 amide bonds. The lowest BCUT2D eigenvalue weighted by atomic mass is 9.99. The Labute approximate surface area is 92.4 Å². The first-order valence-electron chi connectivity index (χ1n) is 4.68. The number of aliphatic hydroxyl groups excluding tert-OH is 3. The number of hydrogen-bond donors (Lipinski definition) is 3. The third kappa shape index (κ3) is 2.82. The zero-order chi connectivity index (χ0) is 12.1. The summed E-state index contributed by atoms with van der Waals surface area (Å²) in [4.78, 5) is 10.8. The van der Waals surface area contributed by atoms with Crippen molar-refractivity contribution in [2.45, 2.75) is 18.3 Å². The predicted molar refractivity (Wildman–Crippen MR) is 53.2 cm³/mol. The minimum atomic E-state index is -1.23. The highest BCUT2D eigenvalue weighted by Crippen LogP contribution is 2.19. The molecule has 6 heteroatoms. The number of esters is 1. The topological polar surface area (TPSA) is 96.2 Å². The molecule has 0 fully saturated rings. The zero-order valence-corrected chi connectivity index (χ0v) is 8.74. The van der Waals surface area contributed by atoms with Gasteiger partial charge in [-0.15, -0.1) is 0 Å². The van der Waals surface area contributed by atoms with Crippen LogP contribution >= 0.6 is 0 Å². The van der Waals surface area contributed by atoms with Crippen molar-refractivity contribution in [2.75, 3.05) is 13.7 Å². The first-order chi connectivity index (χ1) is 7.60. The molecule has 0 aromatic carbocycles. The minimum absolute atomic E-state index is 0.239. The summed E-state index contributed by atoms with van der Waals surface area (Å²) in [5.41, 5.74) is 0.239. The molecule has 90 valence electrons. The molecule has 3 N–H and O–H groups in total. The molecule has 0 saturated carbocycles. The highest BCUT2D eigenvalue weighted by atomic mass is 16.5. The van der Waals surface area contributed by atoms with Crippen molar-refractivity contribution in [3.8, 4) is 0 Å². The Morgan fingerprint density at radius 3 is 2.88 bits per heavy atom. The summed E-state index contributed by atoms with van der Waals surface area (Å²) in [5.74, 6) is -0.577. The summed E-state index contributed by atoms with van der Waals surface area (Å²) < 4.78 is 9.33. The highest BCUT2D eigenvalue weighted by molar-refractivity contribution is 5.82. The molecular formula is C10H14O6. The fraction of sp³-hybridized carbons (Fsp3) is 0.500. The molecule has 0 spiro atoms. The van der Waals surface area contributed by atoms with E-state index < -0.39 is 30.9 Å². The summed E-state index contributed by atoms with van der Waals surface area (Å²) >= 11 is 0. The van der Waals surface area contributed by atoms with Gasteiger partial charge in [0.05, 0.1) is 20.0 Å². The Bertz CT molecular complexity index is 308. The van der Waals surface area contributed by atoms with Crippen molar-refractivity contribution >= 4 is 5.97 Å². The van der Waals surface area contributed by atoms with E-state index in [4.69, 9.17) is 9.84 Å². The molecule has 0 radical (unpaired) electrons. The lowest BCUT2D eigenvalue weighted by Crippen LogP contribution is -2.44. The summed E-state index contributed by atoms with van der Waals surface area (Å²) in [7, 11) is 1.23. The quantitative estimate of drug-likeness (QED) is 0.412. The standard InChI is InChI=1S/C10H14O6/c1-15-8(12)3-2-6-5-16-7(4-11)10(14)9(6)13/h2-3,5,7,9-11,13-14H,4H2,1H3/b3-2+/t7-,9-,10-/m1/s1. The fourth-order valence-electron chi connectivity index (χ4n) is 1.24. The van der Waals surface area contributed by atoms with Crippen LogP contribution < -0.4 is 0 Å². The van der Waals surface area contributed by atoms with Gasteiger partial charge in [0.1, 0.15) is 18.3 Å². The summed E-state index contributed by atoms with van der Waals surface area (Å²) in [6.07, 6.45) is 0.291. The molecule has 1 heterocycles. The molecule has 0 aromatic heterocycles. The van der Waals surface area contributed by atoms with Crippen LogP contribution in [0.15, 0.2) is 24.0 Å². The molecule has 0 aliphatic carbocycles. The van der Waals surface area contributed by atoms with Gasteiger partial charge < -0.3 is 24.8 Å². The molecule has 0 unspecified atom stereocenters. The third-order valence-electron chi connectivity index (χ3n) is 2.22. The Kier molecular flexibility index (Phi) is 4.48. The van der Waals surface area contributed by atoms with Crippen LogP contribution in [0.1, 0.15) is 0 Å². The van der Waals surface area contributed by atoms with E-state index >= 15 is 0 Å². The lowest BCUT2D eigenvalue weighted by molar-refractivity contribution is -0.134. The van der Waals surface area contributed by atoms with Gasteiger partial charge in [0.2, 0.25) is 0 Å². The fourth-order valence-corrected chi connectivity index (χ4v) is 1.24. The van der Waals surface area contributed by atoms with Crippen LogP contribution in [0, 0.1) is 0 Å². The summed E-state index contributed by atoms with van der Waals surface area (Å²) in [6.45, 7) is -0.400. The molecule has 3 atom stereocenters. The molecule has 1 rings (SSSR count). The van der Waals surface area contributed by atoms with Crippen LogP contribution in [-0.4, -0.2) is 53.3 Å². The van der Waals surface area contributed by atoms with E-state index in [-0.39, 0.29) is 5.57 Å². The van der Waals surface area contributed by atoms with E-state index in [1.807, 2.05) is 0 Å². The number of methoxy groups -OCH3 is 1. The van der Waals surface area contributed by atoms with Crippen molar-refractivity contribution < 1.29 is 29.6 Å². The monoisotopic (exact) mass is 230 g/mol. The zero-order valence-electron chi connectivity index (χ0n) is 8.74. The van der Waals surface area contributed by atoms with Gasteiger partial charge in [-0.25, -0.2) is 4.79 Å². The van der Waals surface area contributed by atoms with E-state index in [0.29, 0.717) is 0 Å². The summed E-state index contributed by atoms with van der Waals surface area (Å²) in [6, 6.07) is 0. The Morgan fingerprint density at radius 1 is 1.62 bits per heavy atom. The van der Waals surface area contributed by atoms with Crippen molar-refractivity contribution in [3.05, 3.63) is 24.0 Å². The second-order valence-corrected chi connectivity index (χ2v) is 3.27. The summed E-state index contributed by atoms with van der Waals surface area (Å²) in [5, 5.41) is 27.9. The average Bonchev–Trinajstić information content (AvgIpc) is 2.30. The normalized spacial score (nSPS) is 29.8. The third-order valence-corrected chi connectivity index (χ3v) is 2.22.